The fourth-order valence-corrected chi connectivity index (χ4v) is 3.85. The smallest absolute Gasteiger partial charge is 0.126 e. The van der Waals surface area contributed by atoms with E-state index in [0.29, 0.717) is 41.0 Å². The molecular formula is C24H33ClN2O4. The average Bonchev–Trinajstić information content (AvgIpc) is 2.79. The largest absolute Gasteiger partial charge is 0.497 e. The molecule has 2 aromatic carbocycles. The first-order chi connectivity index (χ1) is 15.0. The van der Waals surface area contributed by atoms with Crippen molar-refractivity contribution in [1.29, 1.82) is 0 Å². The molecule has 0 saturated heterocycles. The Hall–Kier alpha value is -2.44. The monoisotopic (exact) mass is 448 g/mol. The van der Waals surface area contributed by atoms with Gasteiger partial charge in [0.15, 0.2) is 0 Å². The Labute approximate surface area is 190 Å². The number of aldehydes is 1. The number of carbonyl (C=O) groups excluding carboxylic acids is 1. The maximum atomic E-state index is 10.9. The Morgan fingerprint density at radius 3 is 2.26 bits per heavy atom. The number of nitrogens with zero attached hydrogens (tertiary/aromatic N) is 1. The predicted molar refractivity (Wildman–Crippen MR) is 125 cm³/mol. The third-order valence-corrected chi connectivity index (χ3v) is 5.67. The number of anilines is 1. The third kappa shape index (κ3) is 6.77. The van der Waals surface area contributed by atoms with E-state index >= 15 is 0 Å². The summed E-state index contributed by atoms with van der Waals surface area (Å²) in [5.41, 5.74) is 8.46. The summed E-state index contributed by atoms with van der Waals surface area (Å²) in [5.74, 6) is 2.08. The zero-order chi connectivity index (χ0) is 22.8. The minimum absolute atomic E-state index is 0.0721. The summed E-state index contributed by atoms with van der Waals surface area (Å²) in [5, 5.41) is 0.498. The predicted octanol–water partition coefficient (Wildman–Crippen LogP) is 5.27. The summed E-state index contributed by atoms with van der Waals surface area (Å²) in [7, 11) is 3.23. The highest BCUT2D eigenvalue weighted by Crippen LogP contribution is 2.38. The number of nitrogen functional groups attached to an aromatic ring is 1. The number of rotatable bonds is 13. The number of carbonyl (C=O) groups is 1. The van der Waals surface area contributed by atoms with E-state index in [1.54, 1.807) is 20.3 Å². The molecule has 0 aliphatic heterocycles. The lowest BCUT2D eigenvalue weighted by Crippen LogP contribution is -2.29. The van der Waals surface area contributed by atoms with Crippen LogP contribution in [0.1, 0.15) is 50.3 Å². The molecule has 6 nitrogen and oxygen atoms in total. The molecule has 0 radical (unpaired) electrons. The van der Waals surface area contributed by atoms with Crippen LogP contribution in [0.4, 0.5) is 5.69 Å². The van der Waals surface area contributed by atoms with Crippen molar-refractivity contribution in [2.75, 3.05) is 33.0 Å². The minimum atomic E-state index is 0.0721. The van der Waals surface area contributed by atoms with E-state index in [1.807, 2.05) is 24.3 Å². The molecule has 0 fully saturated rings. The number of hydrogen-bond donors (Lipinski definition) is 1. The van der Waals surface area contributed by atoms with E-state index in [4.69, 9.17) is 31.5 Å². The molecule has 0 amide bonds. The number of methoxy groups -OCH3 is 2. The topological polar surface area (TPSA) is 74.0 Å². The fraction of sp³-hybridized carbons (Fsp3) is 0.458. The molecule has 1 atom stereocenters. The molecule has 2 N–H and O–H groups in total. The maximum absolute atomic E-state index is 10.9. The van der Waals surface area contributed by atoms with Crippen molar-refractivity contribution in [1.82, 2.24) is 4.90 Å². The summed E-state index contributed by atoms with van der Waals surface area (Å²) in [6.07, 6.45) is 3.10. The second-order valence-electron chi connectivity index (χ2n) is 7.26. The van der Waals surface area contributed by atoms with Gasteiger partial charge in [0, 0.05) is 30.2 Å². The van der Waals surface area contributed by atoms with Gasteiger partial charge in [-0.25, -0.2) is 0 Å². The van der Waals surface area contributed by atoms with Crippen LogP contribution in [0, 0.1) is 0 Å². The highest BCUT2D eigenvalue weighted by Gasteiger charge is 2.23. The van der Waals surface area contributed by atoms with Crippen molar-refractivity contribution in [2.45, 2.75) is 45.8 Å². The Balaban J connectivity index is 2.38. The van der Waals surface area contributed by atoms with Gasteiger partial charge in [-0.2, -0.15) is 0 Å². The SMILES string of the molecule is CCN(CC)C(CCCC=O)c1cc(Cl)c(N)cc1OCc1cc(OC)cc(OC)c1. The molecular weight excluding hydrogens is 416 g/mol. The van der Waals surface area contributed by atoms with Gasteiger partial charge < -0.3 is 24.7 Å². The van der Waals surface area contributed by atoms with Crippen molar-refractivity contribution >= 4 is 23.6 Å². The van der Waals surface area contributed by atoms with Gasteiger partial charge in [-0.3, -0.25) is 4.90 Å². The molecule has 0 spiro atoms. The summed E-state index contributed by atoms with van der Waals surface area (Å²) in [4.78, 5) is 13.2. The molecule has 1 unspecified atom stereocenters. The maximum Gasteiger partial charge on any atom is 0.126 e. The van der Waals surface area contributed by atoms with Crippen LogP contribution in [0.15, 0.2) is 30.3 Å². The standard InChI is InChI=1S/C24H33ClN2O4/c1-5-27(6-2)23(9-7-8-10-28)20-14-21(25)22(26)15-24(20)31-16-17-11-18(29-3)13-19(12-17)30-4/h10-15,23H,5-9,16,26H2,1-4H3. The molecule has 0 heterocycles. The van der Waals surface area contributed by atoms with Crippen molar-refractivity contribution in [2.24, 2.45) is 0 Å². The van der Waals surface area contributed by atoms with E-state index in [9.17, 15) is 4.79 Å². The second kappa shape index (κ2) is 12.4. The number of hydrogen-bond acceptors (Lipinski definition) is 6. The molecule has 0 saturated carbocycles. The summed E-state index contributed by atoms with van der Waals surface area (Å²) >= 11 is 6.39. The zero-order valence-electron chi connectivity index (χ0n) is 18.8. The van der Waals surface area contributed by atoms with Crippen LogP contribution in [0.25, 0.3) is 0 Å². The number of ether oxygens (including phenoxy) is 3. The van der Waals surface area contributed by atoms with Crippen LogP contribution in [0.2, 0.25) is 5.02 Å². The minimum Gasteiger partial charge on any atom is -0.497 e. The van der Waals surface area contributed by atoms with Crippen LogP contribution in [-0.4, -0.2) is 38.5 Å². The third-order valence-electron chi connectivity index (χ3n) is 5.35. The molecule has 2 aromatic rings. The summed E-state index contributed by atoms with van der Waals surface area (Å²) < 4.78 is 16.9. The average molecular weight is 449 g/mol. The van der Waals surface area contributed by atoms with E-state index in [-0.39, 0.29) is 6.04 Å². The van der Waals surface area contributed by atoms with Gasteiger partial charge in [0.05, 0.1) is 24.9 Å². The Morgan fingerprint density at radius 1 is 1.06 bits per heavy atom. The Bertz CT molecular complexity index is 833. The summed E-state index contributed by atoms with van der Waals surface area (Å²) in [6.45, 7) is 6.31. The van der Waals surface area contributed by atoms with Crippen LogP contribution in [0.3, 0.4) is 0 Å². The first-order valence-corrected chi connectivity index (χ1v) is 11.0. The van der Waals surface area contributed by atoms with Crippen LogP contribution in [0.5, 0.6) is 17.2 Å². The number of unbranched alkanes of at least 4 members (excludes halogenated alkanes) is 1. The second-order valence-corrected chi connectivity index (χ2v) is 7.66. The highest BCUT2D eigenvalue weighted by atomic mass is 35.5. The molecule has 7 heteroatoms. The van der Waals surface area contributed by atoms with Gasteiger partial charge >= 0.3 is 0 Å². The molecule has 0 aliphatic carbocycles. The van der Waals surface area contributed by atoms with E-state index in [1.165, 1.54) is 0 Å². The first-order valence-electron chi connectivity index (χ1n) is 10.6. The molecule has 0 aliphatic rings. The van der Waals surface area contributed by atoms with Gasteiger partial charge in [0.2, 0.25) is 0 Å². The van der Waals surface area contributed by atoms with Crippen molar-refractivity contribution in [3.63, 3.8) is 0 Å². The molecule has 2 rings (SSSR count). The van der Waals surface area contributed by atoms with Crippen molar-refractivity contribution < 1.29 is 19.0 Å². The van der Waals surface area contributed by atoms with Crippen LogP contribution >= 0.6 is 11.6 Å². The van der Waals surface area contributed by atoms with Crippen LogP contribution in [-0.2, 0) is 11.4 Å². The molecule has 31 heavy (non-hydrogen) atoms. The van der Waals surface area contributed by atoms with E-state index in [0.717, 1.165) is 43.3 Å². The van der Waals surface area contributed by atoms with Gasteiger partial charge in [-0.1, -0.05) is 25.4 Å². The lowest BCUT2D eigenvalue weighted by atomic mass is 9.97. The normalized spacial score (nSPS) is 11.9. The number of nitrogens with two attached hydrogens (primary N) is 1. The van der Waals surface area contributed by atoms with E-state index in [2.05, 4.69) is 18.7 Å². The van der Waals surface area contributed by atoms with Gasteiger partial charge in [-0.05, 0) is 49.7 Å². The zero-order valence-corrected chi connectivity index (χ0v) is 19.6. The summed E-state index contributed by atoms with van der Waals surface area (Å²) in [6, 6.07) is 9.38. The lowest BCUT2D eigenvalue weighted by Gasteiger charge is -2.31. The van der Waals surface area contributed by atoms with Crippen molar-refractivity contribution in [3.8, 4) is 17.2 Å². The molecule has 0 aromatic heterocycles. The molecule has 170 valence electrons. The van der Waals surface area contributed by atoms with Gasteiger partial charge in [0.25, 0.3) is 0 Å². The molecule has 0 bridgehead atoms. The Kier molecular flexibility index (Phi) is 9.95. The first kappa shape index (κ1) is 24.8. The highest BCUT2D eigenvalue weighted by molar-refractivity contribution is 6.33. The van der Waals surface area contributed by atoms with E-state index < -0.39 is 0 Å². The number of benzene rings is 2. The number of halogens is 1. The van der Waals surface area contributed by atoms with Gasteiger partial charge in [0.1, 0.15) is 30.1 Å². The van der Waals surface area contributed by atoms with Gasteiger partial charge in [-0.15, -0.1) is 0 Å². The lowest BCUT2D eigenvalue weighted by molar-refractivity contribution is -0.108. The van der Waals surface area contributed by atoms with Crippen LogP contribution < -0.4 is 19.9 Å². The fourth-order valence-electron chi connectivity index (χ4n) is 3.67. The quantitative estimate of drug-likeness (QED) is 0.255. The Morgan fingerprint density at radius 2 is 1.71 bits per heavy atom. The van der Waals surface area contributed by atoms with Crippen molar-refractivity contribution in [3.05, 3.63) is 46.5 Å².